The standard InChI is InChI=1S/C17H18N2O3/c1-9-14-8-13(22-17(14)19-11(3)18-9)6-12-4-5-16(21)15(7-12)10(2)20/h4-5,7,13,21H,6,8H2,1-3H3. The maximum absolute atomic E-state index is 11.5. The number of fused-ring (bicyclic) bond motifs is 1. The zero-order chi connectivity index (χ0) is 15.9. The van der Waals surface area contributed by atoms with E-state index >= 15 is 0 Å². The number of aromatic hydroxyl groups is 1. The Bertz CT molecular complexity index is 756. The van der Waals surface area contributed by atoms with Gasteiger partial charge in [0.2, 0.25) is 5.88 Å². The Balaban J connectivity index is 1.80. The molecule has 0 saturated carbocycles. The van der Waals surface area contributed by atoms with E-state index in [1.165, 1.54) is 6.92 Å². The van der Waals surface area contributed by atoms with Gasteiger partial charge in [-0.3, -0.25) is 4.79 Å². The molecule has 0 radical (unpaired) electrons. The lowest BCUT2D eigenvalue weighted by molar-refractivity contribution is 0.101. The summed E-state index contributed by atoms with van der Waals surface area (Å²) >= 11 is 0. The summed E-state index contributed by atoms with van der Waals surface area (Å²) in [5, 5.41) is 9.70. The molecular weight excluding hydrogens is 280 g/mol. The van der Waals surface area contributed by atoms with Gasteiger partial charge in [-0.1, -0.05) is 6.07 Å². The Morgan fingerprint density at radius 2 is 2.14 bits per heavy atom. The number of ketones is 1. The number of ether oxygens (including phenoxy) is 1. The molecule has 3 rings (SSSR count). The van der Waals surface area contributed by atoms with Gasteiger partial charge in [0.25, 0.3) is 0 Å². The smallest absolute Gasteiger partial charge is 0.220 e. The summed E-state index contributed by atoms with van der Waals surface area (Å²) < 4.78 is 5.90. The molecule has 114 valence electrons. The molecule has 0 saturated heterocycles. The minimum absolute atomic E-state index is 0.0178. The predicted molar refractivity (Wildman–Crippen MR) is 81.4 cm³/mol. The topological polar surface area (TPSA) is 72.3 Å². The summed E-state index contributed by atoms with van der Waals surface area (Å²) in [6.07, 6.45) is 1.40. The Morgan fingerprint density at radius 3 is 2.86 bits per heavy atom. The first kappa shape index (κ1) is 14.5. The molecule has 1 N–H and O–H groups in total. The van der Waals surface area contributed by atoms with Crippen LogP contribution in [-0.2, 0) is 12.8 Å². The summed E-state index contributed by atoms with van der Waals surface area (Å²) in [5.74, 6) is 1.25. The van der Waals surface area contributed by atoms with Gasteiger partial charge in [0, 0.05) is 24.1 Å². The van der Waals surface area contributed by atoms with Crippen molar-refractivity contribution in [2.75, 3.05) is 0 Å². The third-order valence-electron chi connectivity index (χ3n) is 3.90. The van der Waals surface area contributed by atoms with Crippen molar-refractivity contribution in [3.63, 3.8) is 0 Å². The van der Waals surface area contributed by atoms with Crippen molar-refractivity contribution >= 4 is 5.78 Å². The van der Waals surface area contributed by atoms with Crippen LogP contribution in [0.5, 0.6) is 11.6 Å². The summed E-state index contributed by atoms with van der Waals surface area (Å²) in [4.78, 5) is 20.2. The quantitative estimate of drug-likeness (QED) is 0.882. The highest BCUT2D eigenvalue weighted by Gasteiger charge is 2.27. The van der Waals surface area contributed by atoms with E-state index in [1.54, 1.807) is 12.1 Å². The zero-order valence-electron chi connectivity index (χ0n) is 12.9. The van der Waals surface area contributed by atoms with Gasteiger partial charge in [-0.25, -0.2) is 4.98 Å². The third-order valence-corrected chi connectivity index (χ3v) is 3.90. The van der Waals surface area contributed by atoms with Crippen molar-refractivity contribution < 1.29 is 14.6 Å². The summed E-state index contributed by atoms with van der Waals surface area (Å²) in [7, 11) is 0. The summed E-state index contributed by atoms with van der Waals surface area (Å²) in [6, 6.07) is 5.11. The first-order valence-electron chi connectivity index (χ1n) is 7.27. The molecule has 1 aliphatic rings. The van der Waals surface area contributed by atoms with E-state index in [0.29, 0.717) is 23.7 Å². The number of phenolic OH excluding ortho intramolecular Hbond substituents is 1. The Morgan fingerprint density at radius 1 is 1.36 bits per heavy atom. The Kier molecular flexibility index (Phi) is 3.56. The zero-order valence-corrected chi connectivity index (χ0v) is 12.9. The van der Waals surface area contributed by atoms with Crippen LogP contribution in [-0.4, -0.2) is 27.0 Å². The van der Waals surface area contributed by atoms with Gasteiger partial charge in [0.15, 0.2) is 5.78 Å². The van der Waals surface area contributed by atoms with Crippen molar-refractivity contribution in [1.29, 1.82) is 0 Å². The highest BCUT2D eigenvalue weighted by Crippen LogP contribution is 2.30. The number of hydrogen-bond acceptors (Lipinski definition) is 5. The molecule has 5 nitrogen and oxygen atoms in total. The minimum atomic E-state index is -0.146. The van der Waals surface area contributed by atoms with Crippen LogP contribution < -0.4 is 4.74 Å². The van der Waals surface area contributed by atoms with Gasteiger partial charge in [0.05, 0.1) is 5.56 Å². The third kappa shape index (κ3) is 2.66. The number of benzene rings is 1. The van der Waals surface area contributed by atoms with Crippen LogP contribution in [0.1, 0.15) is 39.9 Å². The second-order valence-electron chi connectivity index (χ2n) is 5.70. The number of nitrogens with zero attached hydrogens (tertiary/aromatic N) is 2. The number of aryl methyl sites for hydroxylation is 2. The average Bonchev–Trinajstić information content (AvgIpc) is 2.83. The number of hydrogen-bond donors (Lipinski definition) is 1. The minimum Gasteiger partial charge on any atom is -0.507 e. The van der Waals surface area contributed by atoms with Crippen LogP contribution >= 0.6 is 0 Å². The molecule has 1 aromatic carbocycles. The Hall–Kier alpha value is -2.43. The van der Waals surface area contributed by atoms with Crippen LogP contribution in [0.25, 0.3) is 0 Å². The molecule has 1 aromatic heterocycles. The maximum Gasteiger partial charge on any atom is 0.220 e. The lowest BCUT2D eigenvalue weighted by Gasteiger charge is -2.11. The van der Waals surface area contributed by atoms with Gasteiger partial charge < -0.3 is 9.84 Å². The summed E-state index contributed by atoms with van der Waals surface area (Å²) in [5.41, 5.74) is 3.32. The maximum atomic E-state index is 11.5. The lowest BCUT2D eigenvalue weighted by Crippen LogP contribution is -2.16. The molecule has 2 heterocycles. The normalized spacial score (nSPS) is 16.2. The molecule has 22 heavy (non-hydrogen) atoms. The first-order valence-corrected chi connectivity index (χ1v) is 7.27. The van der Waals surface area contributed by atoms with Gasteiger partial charge in [-0.15, -0.1) is 0 Å². The molecule has 0 aliphatic carbocycles. The fourth-order valence-corrected chi connectivity index (χ4v) is 2.83. The van der Waals surface area contributed by atoms with E-state index in [1.807, 2.05) is 19.9 Å². The molecule has 0 spiro atoms. The van der Waals surface area contributed by atoms with Gasteiger partial charge >= 0.3 is 0 Å². The van der Waals surface area contributed by atoms with Crippen molar-refractivity contribution in [3.8, 4) is 11.6 Å². The molecule has 0 amide bonds. The highest BCUT2D eigenvalue weighted by molar-refractivity contribution is 5.96. The van der Waals surface area contributed by atoms with Gasteiger partial charge in [-0.05, 0) is 38.5 Å². The number of phenols is 1. The number of aromatic nitrogens is 2. The van der Waals surface area contributed by atoms with Crippen molar-refractivity contribution in [3.05, 3.63) is 46.4 Å². The van der Waals surface area contributed by atoms with Crippen LogP contribution in [0.2, 0.25) is 0 Å². The van der Waals surface area contributed by atoms with E-state index in [0.717, 1.165) is 23.2 Å². The van der Waals surface area contributed by atoms with Crippen molar-refractivity contribution in [1.82, 2.24) is 9.97 Å². The Labute approximate surface area is 129 Å². The SMILES string of the molecule is CC(=O)c1cc(CC2Cc3c(C)nc(C)nc3O2)ccc1O. The molecule has 0 fully saturated rings. The average molecular weight is 298 g/mol. The molecular formula is C17H18N2O3. The molecule has 1 atom stereocenters. The monoisotopic (exact) mass is 298 g/mol. The molecule has 1 aliphatic heterocycles. The summed E-state index contributed by atoms with van der Waals surface area (Å²) in [6.45, 7) is 5.26. The van der Waals surface area contributed by atoms with Crippen molar-refractivity contribution in [2.45, 2.75) is 39.7 Å². The largest absolute Gasteiger partial charge is 0.507 e. The second-order valence-corrected chi connectivity index (χ2v) is 5.70. The van der Waals surface area contributed by atoms with Gasteiger partial charge in [-0.2, -0.15) is 4.98 Å². The fourth-order valence-electron chi connectivity index (χ4n) is 2.83. The predicted octanol–water partition coefficient (Wildman–Crippen LogP) is 2.55. The fraction of sp³-hybridized carbons (Fsp3) is 0.353. The number of rotatable bonds is 3. The molecule has 1 unspecified atom stereocenters. The lowest BCUT2D eigenvalue weighted by atomic mass is 10.00. The van der Waals surface area contributed by atoms with Crippen LogP contribution in [0.3, 0.4) is 0 Å². The molecule has 5 heteroatoms. The number of Topliss-reactive ketones (excluding diaryl/α,β-unsaturated/α-hetero) is 1. The molecule has 0 bridgehead atoms. The molecule has 2 aromatic rings. The number of carbonyl (C=O) groups excluding carboxylic acids is 1. The van der Waals surface area contributed by atoms with E-state index in [9.17, 15) is 9.90 Å². The van der Waals surface area contributed by atoms with E-state index < -0.39 is 0 Å². The van der Waals surface area contributed by atoms with Crippen LogP contribution in [0.15, 0.2) is 18.2 Å². The van der Waals surface area contributed by atoms with E-state index in [-0.39, 0.29) is 17.6 Å². The van der Waals surface area contributed by atoms with Crippen molar-refractivity contribution in [2.24, 2.45) is 0 Å². The number of carbonyl (C=O) groups is 1. The van der Waals surface area contributed by atoms with Crippen LogP contribution in [0, 0.1) is 13.8 Å². The highest BCUT2D eigenvalue weighted by atomic mass is 16.5. The van der Waals surface area contributed by atoms with E-state index in [2.05, 4.69) is 9.97 Å². The second kappa shape index (κ2) is 5.40. The van der Waals surface area contributed by atoms with Crippen LogP contribution in [0.4, 0.5) is 0 Å². The van der Waals surface area contributed by atoms with Gasteiger partial charge in [0.1, 0.15) is 17.7 Å². The first-order chi connectivity index (χ1) is 10.4. The van der Waals surface area contributed by atoms with E-state index in [4.69, 9.17) is 4.74 Å².